The topological polar surface area (TPSA) is 38.7 Å². The minimum atomic E-state index is 0.643. The van der Waals surface area contributed by atoms with Crippen LogP contribution in [-0.2, 0) is 0 Å². The van der Waals surface area contributed by atoms with Crippen LogP contribution in [0.4, 0.5) is 0 Å². The number of nitrogens with zero attached hydrogens (tertiary/aromatic N) is 3. The van der Waals surface area contributed by atoms with Gasteiger partial charge in [-0.15, -0.1) is 0 Å². The molecule has 10 aromatic rings. The van der Waals surface area contributed by atoms with E-state index in [2.05, 4.69) is 164 Å². The van der Waals surface area contributed by atoms with Crippen LogP contribution in [-0.4, -0.2) is 15.0 Å². The van der Waals surface area contributed by atoms with E-state index in [1.807, 2.05) is 24.3 Å². The van der Waals surface area contributed by atoms with Crippen molar-refractivity contribution in [2.45, 2.75) is 0 Å². The van der Waals surface area contributed by atoms with E-state index in [1.54, 1.807) is 0 Å². The van der Waals surface area contributed by atoms with Crippen LogP contribution in [0.15, 0.2) is 188 Å². The summed E-state index contributed by atoms with van der Waals surface area (Å²) in [4.78, 5) is 15.4. The predicted molar refractivity (Wildman–Crippen MR) is 217 cm³/mol. The second kappa shape index (κ2) is 12.4. The monoisotopic (exact) mass is 661 g/mol. The average molecular weight is 662 g/mol. The lowest BCUT2D eigenvalue weighted by Crippen LogP contribution is -2.01. The first-order valence-corrected chi connectivity index (χ1v) is 17.6. The Bertz CT molecular complexity index is 2950. The van der Waals surface area contributed by atoms with E-state index in [0.29, 0.717) is 17.5 Å². The molecule has 52 heavy (non-hydrogen) atoms. The van der Waals surface area contributed by atoms with E-state index in [0.717, 1.165) is 49.4 Å². The second-order valence-corrected chi connectivity index (χ2v) is 13.3. The minimum Gasteiger partial charge on any atom is -0.208 e. The molecule has 3 heteroatoms. The van der Waals surface area contributed by atoms with Crippen LogP contribution in [0.3, 0.4) is 0 Å². The molecule has 0 N–H and O–H groups in total. The summed E-state index contributed by atoms with van der Waals surface area (Å²) in [5.74, 6) is 1.94. The van der Waals surface area contributed by atoms with Gasteiger partial charge in [0.1, 0.15) is 0 Å². The van der Waals surface area contributed by atoms with Crippen molar-refractivity contribution in [2.24, 2.45) is 0 Å². The summed E-state index contributed by atoms with van der Waals surface area (Å²) in [5, 5.41) is 9.59. The van der Waals surface area contributed by atoms with Gasteiger partial charge in [0, 0.05) is 16.7 Å². The summed E-state index contributed by atoms with van der Waals surface area (Å²) in [6.07, 6.45) is 0. The van der Waals surface area contributed by atoms with Gasteiger partial charge in [-0.25, -0.2) is 15.0 Å². The van der Waals surface area contributed by atoms with Crippen LogP contribution >= 0.6 is 0 Å². The largest absolute Gasteiger partial charge is 0.208 e. The van der Waals surface area contributed by atoms with Crippen molar-refractivity contribution in [3.8, 4) is 56.4 Å². The summed E-state index contributed by atoms with van der Waals surface area (Å²) in [7, 11) is 0. The molecule has 1 heterocycles. The zero-order valence-corrected chi connectivity index (χ0v) is 28.2. The normalized spacial score (nSPS) is 11.5. The molecule has 1 aromatic heterocycles. The van der Waals surface area contributed by atoms with E-state index in [-0.39, 0.29) is 0 Å². The molecule has 0 spiro atoms. The lowest BCUT2D eigenvalue weighted by molar-refractivity contribution is 1.08. The van der Waals surface area contributed by atoms with Crippen molar-refractivity contribution in [1.29, 1.82) is 0 Å². The molecule has 0 aliphatic rings. The fourth-order valence-corrected chi connectivity index (χ4v) is 7.48. The van der Waals surface area contributed by atoms with Gasteiger partial charge in [0.25, 0.3) is 0 Å². The van der Waals surface area contributed by atoms with Crippen molar-refractivity contribution >= 4 is 43.1 Å². The van der Waals surface area contributed by atoms with Crippen molar-refractivity contribution < 1.29 is 0 Å². The van der Waals surface area contributed by atoms with Crippen LogP contribution in [0.5, 0.6) is 0 Å². The summed E-state index contributed by atoms with van der Waals surface area (Å²) in [5.41, 5.74) is 7.58. The van der Waals surface area contributed by atoms with Crippen LogP contribution in [0.2, 0.25) is 0 Å². The maximum absolute atomic E-state index is 5.20. The molecule has 0 bridgehead atoms. The van der Waals surface area contributed by atoms with Crippen LogP contribution in [0, 0.1) is 0 Å². The smallest absolute Gasteiger partial charge is 0.164 e. The van der Waals surface area contributed by atoms with E-state index in [9.17, 15) is 0 Å². The molecule has 10 rings (SSSR count). The summed E-state index contributed by atoms with van der Waals surface area (Å²) >= 11 is 0. The van der Waals surface area contributed by atoms with Gasteiger partial charge in [0.05, 0.1) is 0 Å². The van der Waals surface area contributed by atoms with E-state index >= 15 is 0 Å². The van der Waals surface area contributed by atoms with Gasteiger partial charge < -0.3 is 0 Å². The number of rotatable bonds is 5. The van der Waals surface area contributed by atoms with Crippen molar-refractivity contribution in [3.63, 3.8) is 0 Å². The molecule has 0 amide bonds. The number of fused-ring (bicyclic) bond motifs is 5. The molecule has 3 nitrogen and oxygen atoms in total. The number of hydrogen-bond acceptors (Lipinski definition) is 3. The van der Waals surface area contributed by atoms with Crippen molar-refractivity contribution in [3.05, 3.63) is 188 Å². The van der Waals surface area contributed by atoms with Gasteiger partial charge in [-0.3, -0.25) is 0 Å². The molecule has 9 aromatic carbocycles. The lowest BCUT2D eigenvalue weighted by Gasteiger charge is -2.13. The highest BCUT2D eigenvalue weighted by Crippen LogP contribution is 2.38. The molecule has 0 aliphatic heterocycles. The Morgan fingerprint density at radius 3 is 1.46 bits per heavy atom. The number of aromatic nitrogens is 3. The molecular formula is C49H31N3. The molecular weight excluding hydrogens is 631 g/mol. The Kier molecular flexibility index (Phi) is 7.14. The first kappa shape index (κ1) is 29.9. The predicted octanol–water partition coefficient (Wildman–Crippen LogP) is 12.8. The van der Waals surface area contributed by atoms with Crippen molar-refractivity contribution in [1.82, 2.24) is 15.0 Å². The van der Waals surface area contributed by atoms with Crippen LogP contribution in [0.25, 0.3) is 99.5 Å². The molecule has 0 fully saturated rings. The highest BCUT2D eigenvalue weighted by atomic mass is 15.0. The zero-order valence-electron chi connectivity index (χ0n) is 28.2. The van der Waals surface area contributed by atoms with Gasteiger partial charge >= 0.3 is 0 Å². The third-order valence-corrected chi connectivity index (χ3v) is 10.1. The van der Waals surface area contributed by atoms with Crippen LogP contribution < -0.4 is 0 Å². The number of hydrogen-bond donors (Lipinski definition) is 0. The summed E-state index contributed by atoms with van der Waals surface area (Å²) in [6.45, 7) is 0. The fraction of sp³-hybridized carbons (Fsp3) is 0. The molecule has 0 unspecified atom stereocenters. The number of benzene rings is 9. The first-order chi connectivity index (χ1) is 25.7. The first-order valence-electron chi connectivity index (χ1n) is 17.6. The quantitative estimate of drug-likeness (QED) is 0.172. The van der Waals surface area contributed by atoms with Gasteiger partial charge in [-0.2, -0.15) is 0 Å². The highest BCUT2D eigenvalue weighted by Gasteiger charge is 2.17. The molecule has 0 saturated carbocycles. The third kappa shape index (κ3) is 5.28. The lowest BCUT2D eigenvalue weighted by atomic mass is 9.92. The Balaban J connectivity index is 1.13. The second-order valence-electron chi connectivity index (χ2n) is 13.3. The van der Waals surface area contributed by atoms with E-state index in [1.165, 1.54) is 32.7 Å². The van der Waals surface area contributed by atoms with Gasteiger partial charge in [-0.1, -0.05) is 158 Å². The summed E-state index contributed by atoms with van der Waals surface area (Å²) < 4.78 is 0. The fourth-order valence-electron chi connectivity index (χ4n) is 7.48. The van der Waals surface area contributed by atoms with Crippen molar-refractivity contribution in [2.75, 3.05) is 0 Å². The maximum Gasteiger partial charge on any atom is 0.164 e. The molecule has 242 valence electrons. The highest BCUT2D eigenvalue weighted by molar-refractivity contribution is 6.14. The van der Waals surface area contributed by atoms with Gasteiger partial charge in [-0.05, 0) is 95.7 Å². The maximum atomic E-state index is 5.20. The van der Waals surface area contributed by atoms with Crippen LogP contribution in [0.1, 0.15) is 0 Å². The molecule has 0 saturated heterocycles. The molecule has 0 aliphatic carbocycles. The Labute approximate surface area is 301 Å². The van der Waals surface area contributed by atoms with E-state index in [4.69, 9.17) is 15.0 Å². The van der Waals surface area contributed by atoms with Gasteiger partial charge in [0.15, 0.2) is 17.5 Å². The standard InChI is InChI=1S/C49H31N3/c1-3-13-32(14-4-1)40-29-36-17-7-10-20-42(36)46(31-40)49-51-47(33-15-5-2-6-16-33)50-48(52-49)39-26-24-34-27-38(25-23-35(34)28-39)45-30-37-18-8-9-19-41(37)43-21-11-12-22-44(43)45/h1-31H. The SMILES string of the molecule is c1ccc(-c2cc(-c3nc(-c4ccccc4)nc(-c4ccc5cc(-c6cc7ccccc7c7ccccc67)ccc5c4)n3)c3ccccc3c2)cc1. The summed E-state index contributed by atoms with van der Waals surface area (Å²) in [6, 6.07) is 66.5. The third-order valence-electron chi connectivity index (χ3n) is 10.1. The average Bonchev–Trinajstić information content (AvgIpc) is 3.23. The molecule has 0 radical (unpaired) electrons. The zero-order chi connectivity index (χ0) is 34.4. The Hall–Kier alpha value is -6.97. The van der Waals surface area contributed by atoms with E-state index < -0.39 is 0 Å². The molecule has 0 atom stereocenters. The Morgan fingerprint density at radius 2 is 0.731 bits per heavy atom. The van der Waals surface area contributed by atoms with Gasteiger partial charge in [0.2, 0.25) is 0 Å². The Morgan fingerprint density at radius 1 is 0.231 bits per heavy atom. The minimum absolute atomic E-state index is 0.643.